The van der Waals surface area contributed by atoms with Crippen LogP contribution in [0.25, 0.3) is 0 Å². The Morgan fingerprint density at radius 1 is 0.958 bits per heavy atom. The summed E-state index contributed by atoms with van der Waals surface area (Å²) < 4.78 is 78.7. The van der Waals surface area contributed by atoms with Gasteiger partial charge in [-0.05, 0) is 6.08 Å². The normalized spacial score (nSPS) is 14.8. The predicted octanol–water partition coefficient (Wildman–Crippen LogP) is 4.02. The molecule has 2 rings (SSSR count). The van der Waals surface area contributed by atoms with E-state index in [0.717, 1.165) is 6.08 Å². The highest BCUT2D eigenvalue weighted by Gasteiger charge is 2.50. The molecular weight excluding hydrogens is 342 g/mol. The smallest absolute Gasteiger partial charge is 0.421 e. The molecule has 1 aliphatic rings. The van der Waals surface area contributed by atoms with Gasteiger partial charge in [0.15, 0.2) is 11.5 Å². The second-order valence-electron chi connectivity index (χ2n) is 4.67. The first-order chi connectivity index (χ1) is 11.0. The molecule has 128 valence electrons. The lowest BCUT2D eigenvalue weighted by Gasteiger charge is -2.17. The van der Waals surface area contributed by atoms with E-state index in [1.54, 1.807) is 0 Å². The minimum atomic E-state index is -5.62. The first-order valence-electron chi connectivity index (χ1n) is 6.39. The molecule has 0 saturated heterocycles. The third-order valence-corrected chi connectivity index (χ3v) is 3.06. The van der Waals surface area contributed by atoms with Crippen molar-refractivity contribution in [2.24, 2.45) is 0 Å². The van der Waals surface area contributed by atoms with Gasteiger partial charge in [0.2, 0.25) is 5.78 Å². The van der Waals surface area contributed by atoms with Crippen molar-refractivity contribution >= 4 is 11.6 Å². The molecule has 0 atom stereocenters. The van der Waals surface area contributed by atoms with E-state index < -0.39 is 41.9 Å². The van der Waals surface area contributed by atoms with Crippen LogP contribution >= 0.6 is 0 Å². The van der Waals surface area contributed by atoms with E-state index in [4.69, 9.17) is 0 Å². The summed E-state index contributed by atoms with van der Waals surface area (Å²) in [4.78, 5) is 23.8. The van der Waals surface area contributed by atoms with Gasteiger partial charge in [-0.2, -0.15) is 26.3 Å². The zero-order chi connectivity index (χ0) is 18.1. The van der Waals surface area contributed by atoms with Crippen LogP contribution in [0.15, 0.2) is 47.7 Å². The van der Waals surface area contributed by atoms with Crippen molar-refractivity contribution < 1.29 is 40.7 Å². The first kappa shape index (κ1) is 17.8. The number of hydrogen-bond donors (Lipinski definition) is 0. The fraction of sp³-hybridized carbons (Fsp3) is 0.200. The van der Waals surface area contributed by atoms with E-state index in [-0.39, 0.29) is 17.2 Å². The SMILES string of the molecule is O=C1C=C(OCC=C(C(F)(F)F)C(F)(F)F)C(=O)c2ccccc21. The second kappa shape index (κ2) is 6.14. The molecule has 0 amide bonds. The van der Waals surface area contributed by atoms with Crippen LogP contribution in [0.1, 0.15) is 20.7 Å². The molecule has 0 N–H and O–H groups in total. The van der Waals surface area contributed by atoms with Crippen LogP contribution < -0.4 is 0 Å². The van der Waals surface area contributed by atoms with Crippen molar-refractivity contribution in [3.63, 3.8) is 0 Å². The van der Waals surface area contributed by atoms with E-state index in [0.29, 0.717) is 0 Å². The van der Waals surface area contributed by atoms with Gasteiger partial charge in [-0.1, -0.05) is 24.3 Å². The molecule has 0 saturated carbocycles. The molecule has 0 spiro atoms. The Morgan fingerprint density at radius 2 is 1.50 bits per heavy atom. The summed E-state index contributed by atoms with van der Waals surface area (Å²) in [5, 5.41) is 0. The number of fused-ring (bicyclic) bond motifs is 1. The zero-order valence-corrected chi connectivity index (χ0v) is 11.7. The molecule has 1 aromatic carbocycles. The maximum absolute atomic E-state index is 12.3. The van der Waals surface area contributed by atoms with Crippen LogP contribution in [0.3, 0.4) is 0 Å². The summed E-state index contributed by atoms with van der Waals surface area (Å²) in [5.41, 5.74) is -2.70. The molecule has 1 aliphatic carbocycles. The second-order valence-corrected chi connectivity index (χ2v) is 4.67. The van der Waals surface area contributed by atoms with Crippen molar-refractivity contribution in [2.75, 3.05) is 6.61 Å². The van der Waals surface area contributed by atoms with Crippen molar-refractivity contribution in [1.82, 2.24) is 0 Å². The fourth-order valence-electron chi connectivity index (χ4n) is 2.01. The van der Waals surface area contributed by atoms with E-state index in [9.17, 15) is 35.9 Å². The predicted molar refractivity (Wildman–Crippen MR) is 69.3 cm³/mol. The standard InChI is InChI=1S/C15H8F6O3/c16-14(17,18)12(15(19,20)21)5-6-24-11-7-10(22)8-3-1-2-4-9(8)13(11)23/h1-5,7H,6H2. The highest BCUT2D eigenvalue weighted by atomic mass is 19.4. The third kappa shape index (κ3) is 3.66. The summed E-state index contributed by atoms with van der Waals surface area (Å²) in [7, 11) is 0. The Kier molecular flexibility index (Phi) is 4.54. The number of carbonyl (C=O) groups is 2. The average Bonchev–Trinajstić information content (AvgIpc) is 2.46. The van der Waals surface area contributed by atoms with E-state index >= 15 is 0 Å². The van der Waals surface area contributed by atoms with Gasteiger partial charge in [0.1, 0.15) is 12.2 Å². The number of alkyl halides is 6. The molecule has 24 heavy (non-hydrogen) atoms. The number of Topliss-reactive ketones (excluding diaryl/α,β-unsaturated/α-hetero) is 1. The Morgan fingerprint density at radius 3 is 2.04 bits per heavy atom. The summed E-state index contributed by atoms with van der Waals surface area (Å²) in [6.45, 7) is -1.17. The highest BCUT2D eigenvalue weighted by molar-refractivity contribution is 6.23. The Hall–Kier alpha value is -2.58. The van der Waals surface area contributed by atoms with Gasteiger partial charge < -0.3 is 4.74 Å². The number of rotatable bonds is 3. The van der Waals surface area contributed by atoms with Gasteiger partial charge in [0.05, 0.1) is 0 Å². The molecule has 0 fully saturated rings. The molecule has 0 radical (unpaired) electrons. The van der Waals surface area contributed by atoms with Gasteiger partial charge in [0.25, 0.3) is 0 Å². The number of allylic oxidation sites excluding steroid dienone is 3. The minimum absolute atomic E-state index is 0.0316. The number of benzene rings is 1. The largest absolute Gasteiger partial charge is 0.485 e. The maximum Gasteiger partial charge on any atom is 0.421 e. The Balaban J connectivity index is 2.20. The van der Waals surface area contributed by atoms with Gasteiger partial charge in [-0.3, -0.25) is 9.59 Å². The number of ketones is 2. The molecule has 1 aromatic rings. The first-order valence-corrected chi connectivity index (χ1v) is 6.39. The van der Waals surface area contributed by atoms with Crippen LogP contribution in [0, 0.1) is 0 Å². The van der Waals surface area contributed by atoms with Crippen LogP contribution in [0.4, 0.5) is 26.3 Å². The number of ether oxygens (including phenoxy) is 1. The van der Waals surface area contributed by atoms with Crippen LogP contribution in [0.5, 0.6) is 0 Å². The van der Waals surface area contributed by atoms with E-state index in [2.05, 4.69) is 4.74 Å². The Bertz CT molecular complexity index is 724. The molecule has 0 bridgehead atoms. The summed E-state index contributed by atoms with van der Waals surface area (Å²) in [6.07, 6.45) is -10.7. The third-order valence-electron chi connectivity index (χ3n) is 3.06. The topological polar surface area (TPSA) is 43.4 Å². The summed E-state index contributed by atoms with van der Waals surface area (Å²) in [5.74, 6) is -2.03. The monoisotopic (exact) mass is 350 g/mol. The lowest BCUT2D eigenvalue weighted by Crippen LogP contribution is -2.27. The maximum atomic E-state index is 12.3. The van der Waals surface area contributed by atoms with E-state index in [1.165, 1.54) is 24.3 Å². The molecule has 0 aliphatic heterocycles. The minimum Gasteiger partial charge on any atom is -0.485 e. The quantitative estimate of drug-likeness (QED) is 0.611. The fourth-order valence-corrected chi connectivity index (χ4v) is 2.01. The molecule has 0 unspecified atom stereocenters. The number of carbonyl (C=O) groups excluding carboxylic acids is 2. The van der Waals surface area contributed by atoms with Crippen molar-refractivity contribution in [1.29, 1.82) is 0 Å². The van der Waals surface area contributed by atoms with Gasteiger partial charge in [-0.15, -0.1) is 0 Å². The van der Waals surface area contributed by atoms with Gasteiger partial charge in [0, 0.05) is 17.2 Å². The molecular formula is C15H8F6O3. The molecule has 0 heterocycles. The Labute approximate surface area is 131 Å². The lowest BCUT2D eigenvalue weighted by atomic mass is 9.94. The van der Waals surface area contributed by atoms with Crippen molar-refractivity contribution in [2.45, 2.75) is 12.4 Å². The zero-order valence-electron chi connectivity index (χ0n) is 11.7. The highest BCUT2D eigenvalue weighted by Crippen LogP contribution is 2.38. The average molecular weight is 350 g/mol. The molecule has 3 nitrogen and oxygen atoms in total. The van der Waals surface area contributed by atoms with Crippen molar-refractivity contribution in [3.05, 3.63) is 58.9 Å². The van der Waals surface area contributed by atoms with E-state index in [1.807, 2.05) is 0 Å². The number of halogens is 6. The van der Waals surface area contributed by atoms with Gasteiger partial charge >= 0.3 is 12.4 Å². The van der Waals surface area contributed by atoms with Crippen LogP contribution in [-0.4, -0.2) is 30.5 Å². The van der Waals surface area contributed by atoms with Crippen molar-refractivity contribution in [3.8, 4) is 0 Å². The molecule has 0 aromatic heterocycles. The van der Waals surface area contributed by atoms with Gasteiger partial charge in [-0.25, -0.2) is 0 Å². The summed E-state index contributed by atoms with van der Waals surface area (Å²) >= 11 is 0. The molecule has 9 heteroatoms. The van der Waals surface area contributed by atoms with Crippen LogP contribution in [-0.2, 0) is 4.74 Å². The number of hydrogen-bond acceptors (Lipinski definition) is 3. The lowest BCUT2D eigenvalue weighted by molar-refractivity contribution is -0.172. The van der Waals surface area contributed by atoms with Crippen LogP contribution in [0.2, 0.25) is 0 Å². The summed E-state index contributed by atoms with van der Waals surface area (Å²) in [6, 6.07) is 5.64.